The monoisotopic (exact) mass is 471 g/mol. The number of hydrogen-bond donors (Lipinski definition) is 1. The van der Waals surface area contributed by atoms with Crippen molar-refractivity contribution in [3.8, 4) is 17.6 Å². The molecule has 3 rings (SSSR count). The minimum Gasteiger partial charge on any atom is -0.497 e. The van der Waals surface area contributed by atoms with E-state index < -0.39 is 23.8 Å². The van der Waals surface area contributed by atoms with Crippen molar-refractivity contribution in [3.63, 3.8) is 0 Å². The zero-order chi connectivity index (χ0) is 24.3. The van der Waals surface area contributed by atoms with Crippen LogP contribution in [-0.2, 0) is 23.9 Å². The average Bonchev–Trinajstić information content (AvgIpc) is 2.82. The van der Waals surface area contributed by atoms with E-state index >= 15 is 0 Å². The molecule has 1 amide bonds. The maximum Gasteiger partial charge on any atom is 0.344 e. The molecule has 1 aromatic rings. The van der Waals surface area contributed by atoms with Gasteiger partial charge in [-0.25, -0.2) is 9.59 Å². The lowest BCUT2D eigenvalue weighted by atomic mass is 9.82. The van der Waals surface area contributed by atoms with Crippen LogP contribution in [0.2, 0.25) is 0 Å². The van der Waals surface area contributed by atoms with Gasteiger partial charge in [0.1, 0.15) is 27.3 Å². The van der Waals surface area contributed by atoms with Crippen LogP contribution in [0.1, 0.15) is 18.4 Å². The third-order valence-corrected chi connectivity index (χ3v) is 6.06. The molecule has 2 aliphatic rings. The Morgan fingerprint density at radius 1 is 1.21 bits per heavy atom. The Hall–Kier alpha value is -3.91. The molecular weight excluding hydrogens is 450 g/mol. The summed E-state index contributed by atoms with van der Waals surface area (Å²) in [5, 5.41) is 10.0. The molecule has 1 aromatic carbocycles. The number of hydrogen-bond acceptors (Lipinski definition) is 10. The summed E-state index contributed by atoms with van der Waals surface area (Å²) in [6, 6.07) is 6.89. The molecule has 0 saturated carbocycles. The fourth-order valence-corrected chi connectivity index (χ4v) is 4.63. The molecule has 0 unspecified atom stereocenters. The number of benzene rings is 1. The number of thioether (sulfide) groups is 1. The number of nitrogens with two attached hydrogens (primary N) is 1. The number of esters is 2. The van der Waals surface area contributed by atoms with Crippen molar-refractivity contribution < 1.29 is 33.3 Å². The topological polar surface area (TPSA) is 141 Å². The second-order valence-electron chi connectivity index (χ2n) is 6.67. The molecule has 2 aliphatic heterocycles. The third kappa shape index (κ3) is 4.12. The first kappa shape index (κ1) is 23.7. The van der Waals surface area contributed by atoms with Crippen molar-refractivity contribution in [2.45, 2.75) is 12.8 Å². The molecule has 10 nitrogen and oxygen atoms in total. The summed E-state index contributed by atoms with van der Waals surface area (Å²) in [6.07, 6.45) is 1.04. The summed E-state index contributed by atoms with van der Waals surface area (Å²) < 4.78 is 20.7. The van der Waals surface area contributed by atoms with Crippen LogP contribution < -0.4 is 15.2 Å². The quantitative estimate of drug-likeness (QED) is 0.611. The average molecular weight is 471 g/mol. The van der Waals surface area contributed by atoms with Crippen molar-refractivity contribution in [2.75, 3.05) is 27.9 Å². The van der Waals surface area contributed by atoms with Gasteiger partial charge >= 0.3 is 11.9 Å². The molecule has 0 spiro atoms. The maximum absolute atomic E-state index is 13.2. The molecule has 0 saturated heterocycles. The van der Waals surface area contributed by atoms with Crippen molar-refractivity contribution in [2.24, 2.45) is 5.73 Å². The van der Waals surface area contributed by atoms with Gasteiger partial charge in [0.05, 0.1) is 51.1 Å². The van der Waals surface area contributed by atoms with Gasteiger partial charge in [-0.15, -0.1) is 0 Å². The molecular formula is C22H21N3O7S. The summed E-state index contributed by atoms with van der Waals surface area (Å²) in [5.41, 5.74) is 6.60. The van der Waals surface area contributed by atoms with Crippen LogP contribution in [0.4, 0.5) is 0 Å². The van der Waals surface area contributed by atoms with E-state index in [2.05, 4.69) is 0 Å². The predicted octanol–water partition coefficient (Wildman–Crippen LogP) is 1.90. The van der Waals surface area contributed by atoms with Gasteiger partial charge in [-0.2, -0.15) is 5.26 Å². The molecule has 0 aliphatic carbocycles. The number of carbonyl (C=O) groups excluding carboxylic acids is 3. The number of amides is 1. The van der Waals surface area contributed by atoms with Crippen LogP contribution in [0.5, 0.6) is 11.5 Å². The zero-order valence-corrected chi connectivity index (χ0v) is 19.1. The van der Waals surface area contributed by atoms with Crippen LogP contribution in [0, 0.1) is 11.3 Å². The molecule has 0 radical (unpaired) electrons. The lowest BCUT2D eigenvalue weighted by Gasteiger charge is -2.37. The van der Waals surface area contributed by atoms with Crippen LogP contribution in [0.15, 0.2) is 51.2 Å². The molecule has 2 heterocycles. The maximum atomic E-state index is 13.2. The van der Waals surface area contributed by atoms with Crippen LogP contribution >= 0.6 is 11.8 Å². The zero-order valence-electron chi connectivity index (χ0n) is 18.3. The molecule has 172 valence electrons. The summed E-state index contributed by atoms with van der Waals surface area (Å²) in [7, 11) is 4.10. The minimum absolute atomic E-state index is 0.0288. The van der Waals surface area contributed by atoms with Gasteiger partial charge < -0.3 is 24.7 Å². The number of carbonyl (C=O) groups is 3. The highest BCUT2D eigenvalue weighted by Gasteiger charge is 2.45. The lowest BCUT2D eigenvalue weighted by Crippen LogP contribution is -2.41. The van der Waals surface area contributed by atoms with Crippen LogP contribution in [0.3, 0.4) is 0 Å². The fourth-order valence-electron chi connectivity index (χ4n) is 3.50. The molecule has 0 aromatic heterocycles. The van der Waals surface area contributed by atoms with Crippen molar-refractivity contribution >= 4 is 29.6 Å². The summed E-state index contributed by atoms with van der Waals surface area (Å²) in [6.45, 7) is 1.67. The molecule has 0 bridgehead atoms. The normalized spacial score (nSPS) is 17.7. The Kier molecular flexibility index (Phi) is 6.98. The van der Waals surface area contributed by atoms with E-state index in [0.717, 1.165) is 22.7 Å². The predicted molar refractivity (Wildman–Crippen MR) is 117 cm³/mol. The van der Waals surface area contributed by atoms with Crippen molar-refractivity contribution in [3.05, 3.63) is 56.7 Å². The van der Waals surface area contributed by atoms with Gasteiger partial charge in [0, 0.05) is 17.7 Å². The Morgan fingerprint density at radius 2 is 1.94 bits per heavy atom. The van der Waals surface area contributed by atoms with E-state index in [0.29, 0.717) is 17.1 Å². The Morgan fingerprint density at radius 3 is 2.52 bits per heavy atom. The molecule has 11 heteroatoms. The summed E-state index contributed by atoms with van der Waals surface area (Å²) >= 11 is 0.831. The van der Waals surface area contributed by atoms with Gasteiger partial charge in [0.25, 0.3) is 5.91 Å². The van der Waals surface area contributed by atoms with E-state index in [1.165, 1.54) is 21.3 Å². The second-order valence-corrected chi connectivity index (χ2v) is 7.70. The minimum atomic E-state index is -1.03. The van der Waals surface area contributed by atoms with Gasteiger partial charge in [0.15, 0.2) is 0 Å². The van der Waals surface area contributed by atoms with Crippen molar-refractivity contribution in [1.82, 2.24) is 4.90 Å². The van der Waals surface area contributed by atoms with Gasteiger partial charge in [-0.3, -0.25) is 9.69 Å². The first-order valence-corrected chi connectivity index (χ1v) is 10.5. The molecule has 0 fully saturated rings. The number of ether oxygens (including phenoxy) is 4. The van der Waals surface area contributed by atoms with Crippen molar-refractivity contribution in [1.29, 1.82) is 5.26 Å². The molecule has 33 heavy (non-hydrogen) atoms. The smallest absolute Gasteiger partial charge is 0.344 e. The highest BCUT2D eigenvalue weighted by atomic mass is 32.2. The summed E-state index contributed by atoms with van der Waals surface area (Å²) in [5.74, 6) is -2.60. The standard InChI is InChI=1S/C22H21N3O7S/c1-5-32-22(28)18-17(12-7-6-11(29-2)8-14(12)30-3)13(10-23)19(24)25-16(26)9-15(21(27)31-4)33-20(18)25/h6-9,17H,5,24H2,1-4H3/t17-/m0/s1. The Balaban J connectivity index is 2.35. The number of rotatable bonds is 6. The molecule has 2 N–H and O–H groups in total. The van der Waals surface area contributed by atoms with Gasteiger partial charge in [0.2, 0.25) is 0 Å². The lowest BCUT2D eigenvalue weighted by molar-refractivity contribution is -0.139. The van der Waals surface area contributed by atoms with E-state index in [1.807, 2.05) is 6.07 Å². The van der Waals surface area contributed by atoms with E-state index in [9.17, 15) is 19.6 Å². The van der Waals surface area contributed by atoms with Crippen LogP contribution in [0.25, 0.3) is 0 Å². The third-order valence-electron chi connectivity index (χ3n) is 4.96. The van der Waals surface area contributed by atoms with Crippen LogP contribution in [-0.4, -0.2) is 50.7 Å². The number of fused-ring (bicyclic) bond motifs is 1. The highest BCUT2D eigenvalue weighted by Crippen LogP contribution is 2.50. The first-order chi connectivity index (χ1) is 15.8. The number of methoxy groups -OCH3 is 3. The van der Waals surface area contributed by atoms with Gasteiger partial charge in [-0.1, -0.05) is 17.8 Å². The SMILES string of the molecule is CCOC(=O)C1=C2SC(C(=O)OC)=CC(=O)N2C(N)=C(C#N)[C@@H]1c1ccc(OC)cc1OC. The first-order valence-electron chi connectivity index (χ1n) is 9.67. The van der Waals surface area contributed by atoms with E-state index in [-0.39, 0.29) is 33.5 Å². The van der Waals surface area contributed by atoms with E-state index in [4.69, 9.17) is 24.7 Å². The van der Waals surface area contributed by atoms with E-state index in [1.54, 1.807) is 25.1 Å². The number of allylic oxidation sites excluding steroid dienone is 1. The highest BCUT2D eigenvalue weighted by molar-refractivity contribution is 8.07. The summed E-state index contributed by atoms with van der Waals surface area (Å²) in [4.78, 5) is 39.2. The molecule has 1 atom stereocenters. The Bertz CT molecular complexity index is 1160. The number of nitriles is 1. The Labute approximate surface area is 194 Å². The largest absolute Gasteiger partial charge is 0.497 e. The number of nitrogens with zero attached hydrogens (tertiary/aromatic N) is 2. The fraction of sp³-hybridized carbons (Fsp3) is 0.273. The second kappa shape index (κ2) is 9.70. The van der Waals surface area contributed by atoms with Gasteiger partial charge in [-0.05, 0) is 13.0 Å².